The zero-order valence-corrected chi connectivity index (χ0v) is 18.3. The van der Waals surface area contributed by atoms with Gasteiger partial charge >= 0.3 is 0 Å². The third kappa shape index (κ3) is 5.05. The zero-order chi connectivity index (χ0) is 20.2. The van der Waals surface area contributed by atoms with Crippen LogP contribution in [0, 0.1) is 6.92 Å². The Hall–Kier alpha value is -2.20. The van der Waals surface area contributed by atoms with Gasteiger partial charge in [-0.1, -0.05) is 95.6 Å². The van der Waals surface area contributed by atoms with Crippen LogP contribution in [0.3, 0.4) is 0 Å². The zero-order valence-electron chi connectivity index (χ0n) is 16.0. The molecule has 0 aliphatic carbocycles. The highest BCUT2D eigenvalue weighted by Gasteiger charge is 2.18. The molecule has 4 aromatic rings. The Morgan fingerprint density at radius 3 is 2.03 bits per heavy atom. The number of hydrogen-bond donors (Lipinski definition) is 0. The van der Waals surface area contributed by atoms with E-state index in [9.17, 15) is 0 Å². The summed E-state index contributed by atoms with van der Waals surface area (Å²) in [6.07, 6.45) is 0.831. The van der Waals surface area contributed by atoms with Gasteiger partial charge in [0, 0.05) is 26.9 Å². The van der Waals surface area contributed by atoms with Crippen LogP contribution in [0.15, 0.2) is 88.8 Å². The van der Waals surface area contributed by atoms with Crippen molar-refractivity contribution in [1.82, 2.24) is 9.78 Å². The van der Waals surface area contributed by atoms with E-state index in [0.29, 0.717) is 16.6 Å². The monoisotopic (exact) mass is 438 g/mol. The first-order chi connectivity index (χ1) is 14.1. The number of rotatable bonds is 6. The Balaban J connectivity index is 1.75. The van der Waals surface area contributed by atoms with Gasteiger partial charge < -0.3 is 0 Å². The van der Waals surface area contributed by atoms with Crippen LogP contribution in [-0.2, 0) is 13.0 Å². The van der Waals surface area contributed by atoms with E-state index in [4.69, 9.17) is 28.3 Å². The molecule has 1 aromatic heterocycles. The molecule has 0 bridgehead atoms. The van der Waals surface area contributed by atoms with Crippen molar-refractivity contribution in [2.45, 2.75) is 29.8 Å². The first-order valence-electron chi connectivity index (χ1n) is 9.36. The Bertz CT molecular complexity index is 1090. The lowest BCUT2D eigenvalue weighted by atomic mass is 10.1. The standard InChI is InChI=1S/C24H20Cl2N2S/c1-17-23(12-18-8-4-2-5-9-18)24(29-22-14-20(25)13-21(26)15-22)28(27-17)16-19-10-6-3-7-11-19/h2-11,13-15H,12,16H2,1H3. The summed E-state index contributed by atoms with van der Waals surface area (Å²) in [5.74, 6) is 0. The van der Waals surface area contributed by atoms with Gasteiger partial charge in [0.15, 0.2) is 0 Å². The third-order valence-electron chi connectivity index (χ3n) is 4.65. The summed E-state index contributed by atoms with van der Waals surface area (Å²) in [5, 5.41) is 7.26. The molecule has 29 heavy (non-hydrogen) atoms. The molecule has 0 amide bonds. The second-order valence-electron chi connectivity index (χ2n) is 6.88. The molecule has 0 spiro atoms. The van der Waals surface area contributed by atoms with Crippen LogP contribution < -0.4 is 0 Å². The molecule has 146 valence electrons. The Labute approximate surface area is 185 Å². The lowest BCUT2D eigenvalue weighted by Gasteiger charge is -2.11. The fourth-order valence-electron chi connectivity index (χ4n) is 3.28. The fraction of sp³-hybridized carbons (Fsp3) is 0.125. The van der Waals surface area contributed by atoms with Crippen LogP contribution in [0.25, 0.3) is 0 Å². The number of halogens is 2. The van der Waals surface area contributed by atoms with Crippen molar-refractivity contribution >= 4 is 35.0 Å². The van der Waals surface area contributed by atoms with E-state index in [2.05, 4.69) is 60.1 Å². The van der Waals surface area contributed by atoms with E-state index in [1.807, 2.05) is 24.3 Å². The summed E-state index contributed by atoms with van der Waals surface area (Å²) in [6.45, 7) is 2.79. The molecule has 0 radical (unpaired) electrons. The van der Waals surface area contributed by atoms with E-state index >= 15 is 0 Å². The smallest absolute Gasteiger partial charge is 0.103 e. The summed E-state index contributed by atoms with van der Waals surface area (Å²) < 4.78 is 2.09. The number of benzene rings is 3. The molecule has 1 heterocycles. The molecule has 2 nitrogen and oxygen atoms in total. The second kappa shape index (κ2) is 9.08. The van der Waals surface area contributed by atoms with Crippen molar-refractivity contribution in [3.05, 3.63) is 111 Å². The topological polar surface area (TPSA) is 17.8 Å². The average Bonchev–Trinajstić information content (AvgIpc) is 2.97. The maximum absolute atomic E-state index is 6.24. The van der Waals surface area contributed by atoms with Crippen molar-refractivity contribution in [3.8, 4) is 0 Å². The molecule has 5 heteroatoms. The van der Waals surface area contributed by atoms with Crippen molar-refractivity contribution in [1.29, 1.82) is 0 Å². The number of nitrogens with zero attached hydrogens (tertiary/aromatic N) is 2. The lowest BCUT2D eigenvalue weighted by Crippen LogP contribution is -2.04. The minimum Gasteiger partial charge on any atom is -0.254 e. The van der Waals surface area contributed by atoms with Gasteiger partial charge in [-0.15, -0.1) is 0 Å². The van der Waals surface area contributed by atoms with Crippen LogP contribution in [0.1, 0.15) is 22.4 Å². The molecule has 0 aliphatic heterocycles. The highest BCUT2D eigenvalue weighted by atomic mass is 35.5. The Morgan fingerprint density at radius 1 is 0.828 bits per heavy atom. The SMILES string of the molecule is Cc1nn(Cc2ccccc2)c(Sc2cc(Cl)cc(Cl)c2)c1Cc1ccccc1. The van der Waals surface area contributed by atoms with Gasteiger partial charge in [-0.2, -0.15) is 5.10 Å². The van der Waals surface area contributed by atoms with Gasteiger partial charge in [0.25, 0.3) is 0 Å². The molecular weight excluding hydrogens is 419 g/mol. The van der Waals surface area contributed by atoms with Crippen LogP contribution in [-0.4, -0.2) is 9.78 Å². The molecule has 0 fully saturated rings. The van der Waals surface area contributed by atoms with Crippen LogP contribution >= 0.6 is 35.0 Å². The molecule has 0 unspecified atom stereocenters. The van der Waals surface area contributed by atoms with Crippen LogP contribution in [0.5, 0.6) is 0 Å². The van der Waals surface area contributed by atoms with Crippen molar-refractivity contribution in [3.63, 3.8) is 0 Å². The third-order valence-corrected chi connectivity index (χ3v) is 6.21. The van der Waals surface area contributed by atoms with Crippen molar-refractivity contribution in [2.75, 3.05) is 0 Å². The average molecular weight is 439 g/mol. The molecule has 0 saturated heterocycles. The summed E-state index contributed by atoms with van der Waals surface area (Å²) in [6, 6.07) is 26.5. The quantitative estimate of drug-likeness (QED) is 0.314. The van der Waals surface area contributed by atoms with E-state index in [-0.39, 0.29) is 0 Å². The highest BCUT2D eigenvalue weighted by molar-refractivity contribution is 7.99. The molecule has 0 saturated carbocycles. The molecule has 3 aromatic carbocycles. The van der Waals surface area contributed by atoms with Crippen molar-refractivity contribution in [2.24, 2.45) is 0 Å². The van der Waals surface area contributed by atoms with Crippen LogP contribution in [0.2, 0.25) is 10.0 Å². The van der Waals surface area contributed by atoms with Gasteiger partial charge in [-0.05, 0) is 36.2 Å². The molecule has 0 aliphatic rings. The minimum atomic E-state index is 0.635. The molecule has 0 N–H and O–H groups in total. The van der Waals surface area contributed by atoms with Gasteiger partial charge in [-0.25, -0.2) is 0 Å². The minimum absolute atomic E-state index is 0.635. The molecular formula is C24H20Cl2N2S. The first-order valence-corrected chi connectivity index (χ1v) is 10.9. The summed E-state index contributed by atoms with van der Waals surface area (Å²) in [4.78, 5) is 1.01. The Morgan fingerprint density at radius 2 is 1.41 bits per heavy atom. The first kappa shape index (κ1) is 20.1. The molecule has 0 atom stereocenters. The molecule has 4 rings (SSSR count). The van der Waals surface area contributed by atoms with E-state index < -0.39 is 0 Å². The van der Waals surface area contributed by atoms with E-state index in [1.165, 1.54) is 16.7 Å². The Kier molecular flexibility index (Phi) is 6.29. The summed E-state index contributed by atoms with van der Waals surface area (Å²) in [7, 11) is 0. The summed E-state index contributed by atoms with van der Waals surface area (Å²) >= 11 is 14.1. The summed E-state index contributed by atoms with van der Waals surface area (Å²) in [5.41, 5.74) is 4.75. The van der Waals surface area contributed by atoms with Gasteiger partial charge in [-0.3, -0.25) is 4.68 Å². The fourth-order valence-corrected chi connectivity index (χ4v) is 5.08. The van der Waals surface area contributed by atoms with Gasteiger partial charge in [0.1, 0.15) is 5.03 Å². The lowest BCUT2D eigenvalue weighted by molar-refractivity contribution is 0.622. The predicted molar refractivity (Wildman–Crippen MR) is 122 cm³/mol. The van der Waals surface area contributed by atoms with E-state index in [1.54, 1.807) is 17.8 Å². The van der Waals surface area contributed by atoms with Gasteiger partial charge in [0.05, 0.1) is 12.2 Å². The number of hydrogen-bond acceptors (Lipinski definition) is 2. The van der Waals surface area contributed by atoms with E-state index in [0.717, 1.165) is 22.0 Å². The second-order valence-corrected chi connectivity index (χ2v) is 8.82. The number of aryl methyl sites for hydroxylation is 1. The van der Waals surface area contributed by atoms with Gasteiger partial charge in [0.2, 0.25) is 0 Å². The highest BCUT2D eigenvalue weighted by Crippen LogP contribution is 2.36. The number of aromatic nitrogens is 2. The maximum atomic E-state index is 6.24. The largest absolute Gasteiger partial charge is 0.254 e. The predicted octanol–water partition coefficient (Wildman–Crippen LogP) is 7.29. The maximum Gasteiger partial charge on any atom is 0.103 e. The van der Waals surface area contributed by atoms with Crippen LogP contribution in [0.4, 0.5) is 0 Å². The van der Waals surface area contributed by atoms with Crippen molar-refractivity contribution < 1.29 is 0 Å². The normalized spacial score (nSPS) is 11.0.